The first-order valence-electron chi connectivity index (χ1n) is 13.7. The topological polar surface area (TPSA) is 67.9 Å². The molecule has 2 aromatic heterocycles. The molecule has 0 saturated heterocycles. The van der Waals surface area contributed by atoms with Gasteiger partial charge >= 0.3 is 0 Å². The van der Waals surface area contributed by atoms with Gasteiger partial charge in [-0.2, -0.15) is 9.49 Å². The van der Waals surface area contributed by atoms with E-state index in [-0.39, 0.29) is 0 Å². The van der Waals surface area contributed by atoms with E-state index in [2.05, 4.69) is 34.2 Å². The van der Waals surface area contributed by atoms with Crippen LogP contribution < -0.4 is 4.74 Å². The standard InChI is InChI=1S/C32H34FN3O2/c1-2-26(22-10-5-3-6-11-22)31(24-15-17-28-27(20-24)32(33)36-35-28)25-16-18-30(34-21-25)38-19-8-4-7-12-23-13-9-14-29(23)37/h3,5-6,10-11,15-18,20-21,23H,2,4,7-9,12-14,19H2,1H3,(H,35,36)/b31-26-. The van der Waals surface area contributed by atoms with Gasteiger partial charge in [-0.1, -0.05) is 56.2 Å². The van der Waals surface area contributed by atoms with Gasteiger partial charge in [0.15, 0.2) is 0 Å². The van der Waals surface area contributed by atoms with E-state index in [4.69, 9.17) is 4.74 Å². The number of Topliss-reactive ketones (excluding diaryl/α,β-unsaturated/α-hetero) is 1. The highest BCUT2D eigenvalue weighted by molar-refractivity contribution is 6.00. The van der Waals surface area contributed by atoms with Crippen molar-refractivity contribution in [1.82, 2.24) is 15.2 Å². The van der Waals surface area contributed by atoms with Crippen molar-refractivity contribution in [2.45, 2.75) is 58.3 Å². The Balaban J connectivity index is 1.32. The third-order valence-corrected chi connectivity index (χ3v) is 7.48. The molecule has 5 nitrogen and oxygen atoms in total. The number of aromatic nitrogens is 3. The number of carbonyl (C=O) groups is 1. The summed E-state index contributed by atoms with van der Waals surface area (Å²) in [6.07, 6.45) is 9.62. The molecule has 1 N–H and O–H groups in total. The Bertz CT molecular complexity index is 1410. The lowest BCUT2D eigenvalue weighted by Crippen LogP contribution is -2.06. The number of hydrogen-bond donors (Lipinski definition) is 1. The monoisotopic (exact) mass is 511 g/mol. The summed E-state index contributed by atoms with van der Waals surface area (Å²) in [4.78, 5) is 16.4. The van der Waals surface area contributed by atoms with Crippen molar-refractivity contribution in [3.05, 3.63) is 89.5 Å². The molecule has 196 valence electrons. The maximum atomic E-state index is 14.4. The maximum absolute atomic E-state index is 14.4. The summed E-state index contributed by atoms with van der Waals surface area (Å²) < 4.78 is 20.3. The van der Waals surface area contributed by atoms with Crippen LogP contribution in [0.2, 0.25) is 0 Å². The molecule has 0 aliphatic heterocycles. The summed E-state index contributed by atoms with van der Waals surface area (Å²) in [5.41, 5.74) is 5.75. The van der Waals surface area contributed by atoms with E-state index >= 15 is 0 Å². The average molecular weight is 512 g/mol. The van der Waals surface area contributed by atoms with E-state index in [9.17, 15) is 9.18 Å². The van der Waals surface area contributed by atoms with E-state index < -0.39 is 5.95 Å². The molecule has 4 aromatic rings. The molecule has 6 heteroatoms. The predicted octanol–water partition coefficient (Wildman–Crippen LogP) is 7.77. The van der Waals surface area contributed by atoms with Crippen LogP contribution in [0.3, 0.4) is 0 Å². The van der Waals surface area contributed by atoms with E-state index in [1.807, 2.05) is 54.7 Å². The fraction of sp³-hybridized carbons (Fsp3) is 0.344. The van der Waals surface area contributed by atoms with Crippen LogP contribution in [0.4, 0.5) is 4.39 Å². The predicted molar refractivity (Wildman–Crippen MR) is 149 cm³/mol. The Morgan fingerprint density at radius 3 is 2.61 bits per heavy atom. The quantitative estimate of drug-likeness (QED) is 0.165. The molecule has 1 aliphatic rings. The van der Waals surface area contributed by atoms with E-state index in [1.165, 1.54) is 0 Å². The van der Waals surface area contributed by atoms with E-state index in [0.717, 1.165) is 79.2 Å². The molecule has 0 amide bonds. The largest absolute Gasteiger partial charge is 0.478 e. The number of fused-ring (bicyclic) bond motifs is 1. The van der Waals surface area contributed by atoms with Gasteiger partial charge in [-0.15, -0.1) is 0 Å². The Labute approximate surface area is 223 Å². The van der Waals surface area contributed by atoms with Crippen molar-refractivity contribution in [2.75, 3.05) is 6.61 Å². The number of halogens is 1. The minimum atomic E-state index is -0.435. The number of pyridine rings is 1. The second-order valence-electron chi connectivity index (χ2n) is 9.98. The zero-order valence-corrected chi connectivity index (χ0v) is 21.9. The third kappa shape index (κ3) is 5.85. The average Bonchev–Trinajstić information content (AvgIpc) is 3.54. The van der Waals surface area contributed by atoms with Crippen molar-refractivity contribution < 1.29 is 13.9 Å². The van der Waals surface area contributed by atoms with Crippen molar-refractivity contribution in [3.8, 4) is 5.88 Å². The first kappa shape index (κ1) is 25.8. The minimum Gasteiger partial charge on any atom is -0.478 e. The number of hydrogen-bond acceptors (Lipinski definition) is 4. The first-order valence-corrected chi connectivity index (χ1v) is 13.7. The Morgan fingerprint density at radius 2 is 1.87 bits per heavy atom. The number of unbranched alkanes of at least 4 members (excludes halogenated alkanes) is 2. The number of nitrogens with zero attached hydrogens (tertiary/aromatic N) is 2. The number of ether oxygens (including phenoxy) is 1. The van der Waals surface area contributed by atoms with Gasteiger partial charge in [-0.3, -0.25) is 9.89 Å². The van der Waals surface area contributed by atoms with Crippen molar-refractivity contribution in [2.24, 2.45) is 5.92 Å². The van der Waals surface area contributed by atoms with Crippen molar-refractivity contribution in [3.63, 3.8) is 0 Å². The normalized spacial score (nSPS) is 16.2. The van der Waals surface area contributed by atoms with Crippen LogP contribution in [-0.4, -0.2) is 27.6 Å². The van der Waals surface area contributed by atoms with Crippen molar-refractivity contribution in [1.29, 1.82) is 0 Å². The molecule has 38 heavy (non-hydrogen) atoms. The van der Waals surface area contributed by atoms with Crippen LogP contribution in [-0.2, 0) is 4.79 Å². The smallest absolute Gasteiger partial charge is 0.216 e. The summed E-state index contributed by atoms with van der Waals surface area (Å²) in [7, 11) is 0. The second kappa shape index (κ2) is 12.2. The molecule has 5 rings (SSSR count). The van der Waals surface area contributed by atoms with Gasteiger partial charge < -0.3 is 4.74 Å². The summed E-state index contributed by atoms with van der Waals surface area (Å²) in [5, 5.41) is 6.94. The lowest BCUT2D eigenvalue weighted by Gasteiger charge is -2.16. The van der Waals surface area contributed by atoms with E-state index in [1.54, 1.807) is 0 Å². The zero-order chi connectivity index (χ0) is 26.3. The molecule has 0 spiro atoms. The van der Waals surface area contributed by atoms with Crippen LogP contribution in [0.25, 0.3) is 22.0 Å². The molecule has 0 radical (unpaired) electrons. The summed E-state index contributed by atoms with van der Waals surface area (Å²) in [6.45, 7) is 2.74. The Morgan fingerprint density at radius 1 is 1.03 bits per heavy atom. The Hall–Kier alpha value is -3.80. The molecule has 2 heterocycles. The number of nitrogens with one attached hydrogen (secondary N) is 1. The highest BCUT2D eigenvalue weighted by Gasteiger charge is 2.23. The summed E-state index contributed by atoms with van der Waals surface area (Å²) >= 11 is 0. The lowest BCUT2D eigenvalue weighted by atomic mass is 9.88. The number of aromatic amines is 1. The first-order chi connectivity index (χ1) is 18.6. The van der Waals surface area contributed by atoms with Gasteiger partial charge in [0, 0.05) is 30.2 Å². The summed E-state index contributed by atoms with van der Waals surface area (Å²) in [5.74, 6) is 0.901. The highest BCUT2D eigenvalue weighted by Crippen LogP contribution is 2.36. The van der Waals surface area contributed by atoms with E-state index in [0.29, 0.717) is 35.1 Å². The number of ketones is 1. The second-order valence-corrected chi connectivity index (χ2v) is 9.98. The highest BCUT2D eigenvalue weighted by atomic mass is 19.1. The summed E-state index contributed by atoms with van der Waals surface area (Å²) in [6, 6.07) is 19.9. The molecule has 2 aromatic carbocycles. The molecule has 1 atom stereocenters. The molecule has 0 bridgehead atoms. The molecule has 1 saturated carbocycles. The van der Waals surface area contributed by atoms with Crippen LogP contribution >= 0.6 is 0 Å². The maximum Gasteiger partial charge on any atom is 0.216 e. The number of benzene rings is 2. The molecular weight excluding hydrogens is 477 g/mol. The van der Waals surface area contributed by atoms with Gasteiger partial charge in [0.25, 0.3) is 0 Å². The van der Waals surface area contributed by atoms with Crippen molar-refractivity contribution >= 4 is 27.8 Å². The third-order valence-electron chi connectivity index (χ3n) is 7.48. The SMILES string of the molecule is CC/C(=C(/c1ccc(OCCCCCC2CCCC2=O)nc1)c1ccc2n[nH]c(F)c2c1)c1ccccc1. The molecule has 1 fully saturated rings. The molecular formula is C32H34FN3O2. The number of H-pyrrole nitrogens is 1. The van der Waals surface area contributed by atoms with Crippen LogP contribution in [0.15, 0.2) is 66.9 Å². The fourth-order valence-corrected chi connectivity index (χ4v) is 5.47. The lowest BCUT2D eigenvalue weighted by molar-refractivity contribution is -0.120. The van der Waals surface area contributed by atoms with Gasteiger partial charge in [-0.25, -0.2) is 4.98 Å². The Kier molecular flexibility index (Phi) is 8.27. The van der Waals surface area contributed by atoms with Gasteiger partial charge in [0.2, 0.25) is 11.8 Å². The fourth-order valence-electron chi connectivity index (χ4n) is 5.47. The van der Waals surface area contributed by atoms with Crippen LogP contribution in [0.1, 0.15) is 75.0 Å². The van der Waals surface area contributed by atoms with Gasteiger partial charge in [0.05, 0.1) is 17.5 Å². The van der Waals surface area contributed by atoms with Crippen LogP contribution in [0.5, 0.6) is 5.88 Å². The van der Waals surface area contributed by atoms with Crippen LogP contribution in [0, 0.1) is 11.9 Å². The van der Waals surface area contributed by atoms with Gasteiger partial charge in [0.1, 0.15) is 5.78 Å². The molecule has 1 unspecified atom stereocenters. The molecule has 1 aliphatic carbocycles. The zero-order valence-electron chi connectivity index (χ0n) is 21.9. The number of rotatable bonds is 11. The van der Waals surface area contributed by atoms with Gasteiger partial charge in [-0.05, 0) is 72.6 Å². The minimum absolute atomic E-state index is 0.294. The number of allylic oxidation sites excluding steroid dienone is 1. The number of carbonyl (C=O) groups excluding carboxylic acids is 1.